The van der Waals surface area contributed by atoms with Gasteiger partial charge in [-0.15, -0.1) is 24.0 Å². The second-order valence-corrected chi connectivity index (χ2v) is 6.19. The Bertz CT molecular complexity index is 466. The highest BCUT2D eigenvalue weighted by Crippen LogP contribution is 2.17. The Kier molecular flexibility index (Phi) is 9.28. The van der Waals surface area contributed by atoms with E-state index >= 15 is 0 Å². The first-order chi connectivity index (χ1) is 10.7. The molecule has 1 aromatic heterocycles. The number of nitrogens with one attached hydrogen (secondary N) is 2. The van der Waals surface area contributed by atoms with Crippen molar-refractivity contribution in [2.24, 2.45) is 10.9 Å². The first kappa shape index (κ1) is 20.0. The van der Waals surface area contributed by atoms with E-state index in [4.69, 9.17) is 0 Å². The molecule has 0 bridgehead atoms. The fraction of sp³-hybridized carbons (Fsp3) is 0.647. The van der Waals surface area contributed by atoms with E-state index in [-0.39, 0.29) is 24.0 Å². The van der Waals surface area contributed by atoms with E-state index in [0.29, 0.717) is 12.5 Å². The second kappa shape index (κ2) is 10.7. The number of aliphatic imine (C=N–C) groups is 1. The highest BCUT2D eigenvalue weighted by molar-refractivity contribution is 14.0. The van der Waals surface area contributed by atoms with Gasteiger partial charge in [-0.25, -0.2) is 9.98 Å². The largest absolute Gasteiger partial charge is 0.357 e. The highest BCUT2D eigenvalue weighted by atomic mass is 127. The summed E-state index contributed by atoms with van der Waals surface area (Å²) in [7, 11) is 0. The van der Waals surface area contributed by atoms with Crippen LogP contribution in [0.1, 0.15) is 39.2 Å². The molecule has 0 atom stereocenters. The third-order valence-electron chi connectivity index (χ3n) is 3.68. The van der Waals surface area contributed by atoms with Crippen LogP contribution in [0, 0.1) is 5.92 Å². The highest BCUT2D eigenvalue weighted by Gasteiger charge is 2.12. The Labute approximate surface area is 157 Å². The molecule has 0 saturated carbocycles. The van der Waals surface area contributed by atoms with Gasteiger partial charge in [0, 0.05) is 32.4 Å². The van der Waals surface area contributed by atoms with Crippen molar-refractivity contribution < 1.29 is 0 Å². The van der Waals surface area contributed by atoms with Crippen LogP contribution in [0.4, 0.5) is 5.82 Å². The summed E-state index contributed by atoms with van der Waals surface area (Å²) in [4.78, 5) is 11.5. The number of hydrogen-bond acceptors (Lipinski definition) is 3. The Balaban J connectivity index is 0.00000264. The van der Waals surface area contributed by atoms with Crippen molar-refractivity contribution in [3.63, 3.8) is 0 Å². The maximum absolute atomic E-state index is 4.62. The summed E-state index contributed by atoms with van der Waals surface area (Å²) in [5, 5.41) is 6.63. The van der Waals surface area contributed by atoms with Crippen LogP contribution in [-0.4, -0.2) is 37.1 Å². The van der Waals surface area contributed by atoms with E-state index in [9.17, 15) is 0 Å². The van der Waals surface area contributed by atoms with E-state index in [1.165, 1.54) is 12.8 Å². The van der Waals surface area contributed by atoms with Crippen LogP contribution in [0.15, 0.2) is 23.3 Å². The lowest BCUT2D eigenvalue weighted by Gasteiger charge is -2.16. The van der Waals surface area contributed by atoms with Gasteiger partial charge in [-0.1, -0.05) is 19.9 Å². The van der Waals surface area contributed by atoms with Crippen molar-refractivity contribution in [3.8, 4) is 0 Å². The van der Waals surface area contributed by atoms with Crippen LogP contribution in [0.5, 0.6) is 0 Å². The molecule has 0 aromatic carbocycles. The van der Waals surface area contributed by atoms with Crippen LogP contribution >= 0.6 is 24.0 Å². The van der Waals surface area contributed by atoms with Crippen molar-refractivity contribution in [2.45, 2.75) is 40.2 Å². The molecule has 2 rings (SSSR count). The Hall–Kier alpha value is -1.05. The van der Waals surface area contributed by atoms with Crippen molar-refractivity contribution in [3.05, 3.63) is 23.9 Å². The normalized spacial score (nSPS) is 14.8. The molecular weight excluding hydrogens is 401 g/mol. The summed E-state index contributed by atoms with van der Waals surface area (Å²) < 4.78 is 0. The topological polar surface area (TPSA) is 52.6 Å². The maximum atomic E-state index is 4.62. The van der Waals surface area contributed by atoms with E-state index in [2.05, 4.69) is 58.4 Å². The zero-order chi connectivity index (χ0) is 15.8. The molecule has 0 amide bonds. The third kappa shape index (κ3) is 6.93. The molecule has 2 N–H and O–H groups in total. The molecule has 1 saturated heterocycles. The predicted octanol–water partition coefficient (Wildman–Crippen LogP) is 3.01. The summed E-state index contributed by atoms with van der Waals surface area (Å²) >= 11 is 0. The first-order valence-corrected chi connectivity index (χ1v) is 8.41. The zero-order valence-electron chi connectivity index (χ0n) is 14.5. The van der Waals surface area contributed by atoms with Gasteiger partial charge in [0.2, 0.25) is 0 Å². The van der Waals surface area contributed by atoms with Gasteiger partial charge in [0.15, 0.2) is 5.96 Å². The lowest BCUT2D eigenvalue weighted by molar-refractivity contribution is 0.615. The smallest absolute Gasteiger partial charge is 0.191 e. The molecule has 0 radical (unpaired) electrons. The standard InChI is InChI=1S/C17H29N5.HI/c1-4-18-17(20-11-14(2)3)21-13-15-7-8-16(19-12-15)22-9-5-6-10-22;/h7-8,12,14H,4-6,9-11,13H2,1-3H3,(H2,18,20,21);1H. The summed E-state index contributed by atoms with van der Waals surface area (Å²) in [6.07, 6.45) is 4.51. The molecule has 130 valence electrons. The summed E-state index contributed by atoms with van der Waals surface area (Å²) in [6, 6.07) is 4.25. The van der Waals surface area contributed by atoms with Gasteiger partial charge in [0.1, 0.15) is 5.82 Å². The van der Waals surface area contributed by atoms with Gasteiger partial charge in [-0.2, -0.15) is 0 Å². The zero-order valence-corrected chi connectivity index (χ0v) is 16.8. The molecule has 1 aliphatic heterocycles. The third-order valence-corrected chi connectivity index (χ3v) is 3.68. The van der Waals surface area contributed by atoms with Crippen molar-refractivity contribution in [1.29, 1.82) is 0 Å². The SMILES string of the molecule is CCNC(=NCc1ccc(N2CCCC2)nc1)NCC(C)C.I. The minimum atomic E-state index is 0. The van der Waals surface area contributed by atoms with Crippen LogP contribution in [-0.2, 0) is 6.54 Å². The fourth-order valence-electron chi connectivity index (χ4n) is 2.46. The number of halogens is 1. The molecule has 1 aromatic rings. The minimum absolute atomic E-state index is 0. The van der Waals surface area contributed by atoms with Crippen molar-refractivity contribution >= 4 is 35.8 Å². The monoisotopic (exact) mass is 431 g/mol. The fourth-order valence-corrected chi connectivity index (χ4v) is 2.46. The van der Waals surface area contributed by atoms with Gasteiger partial charge in [-0.3, -0.25) is 0 Å². The minimum Gasteiger partial charge on any atom is -0.357 e. The molecule has 23 heavy (non-hydrogen) atoms. The molecule has 5 nitrogen and oxygen atoms in total. The number of aromatic nitrogens is 1. The van der Waals surface area contributed by atoms with Gasteiger partial charge in [0.05, 0.1) is 6.54 Å². The van der Waals surface area contributed by atoms with Gasteiger partial charge < -0.3 is 15.5 Å². The van der Waals surface area contributed by atoms with Crippen LogP contribution in [0.25, 0.3) is 0 Å². The molecular formula is C17H30IN5. The van der Waals surface area contributed by atoms with Gasteiger partial charge in [0.25, 0.3) is 0 Å². The molecule has 2 heterocycles. The molecule has 0 spiro atoms. The number of rotatable bonds is 6. The predicted molar refractivity (Wildman–Crippen MR) is 109 cm³/mol. The summed E-state index contributed by atoms with van der Waals surface area (Å²) in [5.41, 5.74) is 1.14. The van der Waals surface area contributed by atoms with Gasteiger partial charge >= 0.3 is 0 Å². The number of nitrogens with zero attached hydrogens (tertiary/aromatic N) is 3. The maximum Gasteiger partial charge on any atom is 0.191 e. The average molecular weight is 431 g/mol. The van der Waals surface area contributed by atoms with Gasteiger partial charge in [-0.05, 0) is 37.3 Å². The summed E-state index contributed by atoms with van der Waals surface area (Å²) in [5.74, 6) is 2.57. The molecule has 1 fully saturated rings. The molecule has 6 heteroatoms. The lowest BCUT2D eigenvalue weighted by atomic mass is 10.2. The van der Waals surface area contributed by atoms with Crippen molar-refractivity contribution in [2.75, 3.05) is 31.1 Å². The number of hydrogen-bond donors (Lipinski definition) is 2. The second-order valence-electron chi connectivity index (χ2n) is 6.19. The Morgan fingerprint density at radius 1 is 1.26 bits per heavy atom. The van der Waals surface area contributed by atoms with Crippen molar-refractivity contribution in [1.82, 2.24) is 15.6 Å². The Morgan fingerprint density at radius 3 is 2.57 bits per heavy atom. The van der Waals surface area contributed by atoms with E-state index in [1.54, 1.807) is 0 Å². The van der Waals surface area contributed by atoms with Crippen LogP contribution < -0.4 is 15.5 Å². The number of anilines is 1. The van der Waals surface area contributed by atoms with E-state index in [0.717, 1.165) is 43.5 Å². The van der Waals surface area contributed by atoms with E-state index < -0.39 is 0 Å². The quantitative estimate of drug-likeness (QED) is 0.413. The number of pyridine rings is 1. The average Bonchev–Trinajstić information content (AvgIpc) is 3.05. The lowest BCUT2D eigenvalue weighted by Crippen LogP contribution is -2.39. The summed E-state index contributed by atoms with van der Waals surface area (Å²) in [6.45, 7) is 11.2. The molecule has 1 aliphatic rings. The van der Waals surface area contributed by atoms with Crippen LogP contribution in [0.3, 0.4) is 0 Å². The molecule has 0 unspecified atom stereocenters. The van der Waals surface area contributed by atoms with E-state index in [1.807, 2.05) is 6.20 Å². The number of guanidine groups is 1. The Morgan fingerprint density at radius 2 is 2.00 bits per heavy atom. The van der Waals surface area contributed by atoms with Crippen LogP contribution in [0.2, 0.25) is 0 Å². The first-order valence-electron chi connectivity index (χ1n) is 8.41. The molecule has 0 aliphatic carbocycles.